The molecule has 3 nitrogen and oxygen atoms in total. The van der Waals surface area contributed by atoms with Gasteiger partial charge in [-0.15, -0.1) is 11.8 Å². The van der Waals surface area contributed by atoms with Crippen molar-refractivity contribution in [3.8, 4) is 5.75 Å². The van der Waals surface area contributed by atoms with Gasteiger partial charge in [0.15, 0.2) is 0 Å². The molecule has 0 amide bonds. The van der Waals surface area contributed by atoms with Gasteiger partial charge in [0, 0.05) is 16.0 Å². The number of quaternary nitrogens is 2. The van der Waals surface area contributed by atoms with E-state index in [-0.39, 0.29) is 0 Å². The van der Waals surface area contributed by atoms with Crippen LogP contribution in [0.25, 0.3) is 0 Å². The summed E-state index contributed by atoms with van der Waals surface area (Å²) in [5, 5.41) is 0. The van der Waals surface area contributed by atoms with E-state index in [9.17, 15) is 0 Å². The second-order valence-corrected chi connectivity index (χ2v) is 7.43. The Morgan fingerprint density at radius 2 is 1.50 bits per heavy atom. The summed E-state index contributed by atoms with van der Waals surface area (Å²) in [4.78, 5) is 4.74. The largest absolute Gasteiger partial charge is 0.497 e. The Bertz CT molecular complexity index is 636. The van der Waals surface area contributed by atoms with E-state index in [0.29, 0.717) is 0 Å². The van der Waals surface area contributed by atoms with Crippen molar-refractivity contribution in [3.63, 3.8) is 0 Å². The number of hydrogen-bond acceptors (Lipinski definition) is 2. The fourth-order valence-corrected chi connectivity index (χ4v) is 3.82. The van der Waals surface area contributed by atoms with Crippen molar-refractivity contribution in [3.05, 3.63) is 59.7 Å². The predicted octanol–water partition coefficient (Wildman–Crippen LogP) is 0.901. The summed E-state index contributed by atoms with van der Waals surface area (Å²) in [6, 6.07) is 17.5. The second kappa shape index (κ2) is 8.56. The molecule has 1 aliphatic rings. The van der Waals surface area contributed by atoms with Gasteiger partial charge in [-0.25, -0.2) is 0 Å². The average Bonchev–Trinajstić information content (AvgIpc) is 2.64. The Hall–Kier alpha value is -1.49. The third kappa shape index (κ3) is 4.76. The number of thioether (sulfide) groups is 1. The maximum absolute atomic E-state index is 5.33. The topological polar surface area (TPSA) is 18.1 Å². The molecule has 0 saturated carbocycles. The molecule has 2 aromatic rings. The first kappa shape index (κ1) is 17.3. The number of benzene rings is 2. The minimum Gasteiger partial charge on any atom is -0.497 e. The van der Waals surface area contributed by atoms with E-state index in [0.717, 1.165) is 18.8 Å². The highest BCUT2D eigenvalue weighted by molar-refractivity contribution is 7.98. The monoisotopic (exact) mass is 344 g/mol. The van der Waals surface area contributed by atoms with Crippen molar-refractivity contribution in [2.75, 3.05) is 39.5 Å². The Labute approximate surface area is 149 Å². The third-order valence-electron chi connectivity index (χ3n) is 4.87. The number of nitrogens with one attached hydrogen (secondary N) is 2. The molecule has 0 aliphatic carbocycles. The molecule has 1 heterocycles. The molecule has 24 heavy (non-hydrogen) atoms. The van der Waals surface area contributed by atoms with E-state index in [2.05, 4.69) is 48.7 Å². The Morgan fingerprint density at radius 1 is 0.875 bits per heavy atom. The highest BCUT2D eigenvalue weighted by Gasteiger charge is 2.23. The number of rotatable bonds is 6. The maximum atomic E-state index is 5.33. The van der Waals surface area contributed by atoms with Crippen molar-refractivity contribution < 1.29 is 14.5 Å². The van der Waals surface area contributed by atoms with Crippen molar-refractivity contribution in [2.24, 2.45) is 0 Å². The molecule has 4 heteroatoms. The first-order valence-electron chi connectivity index (χ1n) is 8.70. The van der Waals surface area contributed by atoms with Crippen LogP contribution >= 0.6 is 11.8 Å². The number of hydrogen-bond donors (Lipinski definition) is 2. The van der Waals surface area contributed by atoms with Crippen LogP contribution in [0, 0.1) is 0 Å². The third-order valence-corrected chi connectivity index (χ3v) is 5.61. The first-order chi connectivity index (χ1) is 11.8. The molecular weight excluding hydrogens is 316 g/mol. The molecule has 0 bridgehead atoms. The Morgan fingerprint density at radius 3 is 2.08 bits per heavy atom. The summed E-state index contributed by atoms with van der Waals surface area (Å²) in [6.07, 6.45) is 2.13. The Kier molecular flexibility index (Phi) is 6.18. The normalized spacial score (nSPS) is 20.8. The number of piperazine rings is 1. The van der Waals surface area contributed by atoms with E-state index in [1.54, 1.807) is 16.9 Å². The molecule has 1 aliphatic heterocycles. The molecule has 1 saturated heterocycles. The minimum absolute atomic E-state index is 0.963. The molecule has 3 rings (SSSR count). The predicted molar refractivity (Wildman–Crippen MR) is 100 cm³/mol. The summed E-state index contributed by atoms with van der Waals surface area (Å²) in [5.41, 5.74) is 2.83. The van der Waals surface area contributed by atoms with Crippen LogP contribution in [0.3, 0.4) is 0 Å². The second-order valence-electron chi connectivity index (χ2n) is 6.55. The van der Waals surface area contributed by atoms with Crippen LogP contribution in [0.1, 0.15) is 11.1 Å². The zero-order valence-corrected chi connectivity index (χ0v) is 15.5. The van der Waals surface area contributed by atoms with Crippen LogP contribution in [-0.2, 0) is 13.1 Å². The molecule has 1 fully saturated rings. The van der Waals surface area contributed by atoms with Gasteiger partial charge in [-0.3, -0.25) is 0 Å². The van der Waals surface area contributed by atoms with Gasteiger partial charge in [0.25, 0.3) is 0 Å². The van der Waals surface area contributed by atoms with Crippen molar-refractivity contribution >= 4 is 11.8 Å². The van der Waals surface area contributed by atoms with Gasteiger partial charge >= 0.3 is 0 Å². The summed E-state index contributed by atoms with van der Waals surface area (Å²) >= 11 is 1.81. The summed E-state index contributed by atoms with van der Waals surface area (Å²) < 4.78 is 5.33. The minimum atomic E-state index is 0.963. The van der Waals surface area contributed by atoms with Gasteiger partial charge in [-0.05, 0) is 30.5 Å². The van der Waals surface area contributed by atoms with Crippen LogP contribution in [0.15, 0.2) is 53.4 Å². The standard InChI is InChI=1S/C20H26N2OS/c1-23-19-5-3-4-18(14-19)16-22-12-10-21(11-13-22)15-17-6-8-20(24-2)9-7-17/h3-9,14H,10-13,15-16H2,1-2H3/p+2. The van der Waals surface area contributed by atoms with Gasteiger partial charge in [-0.1, -0.05) is 24.3 Å². The van der Waals surface area contributed by atoms with Crippen LogP contribution in [-0.4, -0.2) is 39.5 Å². The molecule has 0 radical (unpaired) electrons. The van der Waals surface area contributed by atoms with E-state index in [4.69, 9.17) is 4.74 Å². The van der Waals surface area contributed by atoms with Crippen LogP contribution < -0.4 is 14.5 Å². The van der Waals surface area contributed by atoms with Crippen LogP contribution in [0.5, 0.6) is 5.75 Å². The lowest BCUT2D eigenvalue weighted by molar-refractivity contribution is -1.02. The van der Waals surface area contributed by atoms with E-state index in [1.807, 2.05) is 17.8 Å². The first-order valence-corrected chi connectivity index (χ1v) is 9.92. The molecule has 2 N–H and O–H groups in total. The van der Waals surface area contributed by atoms with Gasteiger partial charge in [0.2, 0.25) is 0 Å². The lowest BCUT2D eigenvalue weighted by atomic mass is 10.1. The molecule has 0 aromatic heterocycles. The fraction of sp³-hybridized carbons (Fsp3) is 0.400. The highest BCUT2D eigenvalue weighted by Crippen LogP contribution is 2.14. The van der Waals surface area contributed by atoms with Gasteiger partial charge in [-0.2, -0.15) is 0 Å². The molecule has 2 aromatic carbocycles. The van der Waals surface area contributed by atoms with Crippen LogP contribution in [0.2, 0.25) is 0 Å². The SMILES string of the molecule is COc1cccc(C[NH+]2CC[NH+](Cc3ccc(SC)cc3)CC2)c1. The van der Waals surface area contributed by atoms with E-state index >= 15 is 0 Å². The molecule has 0 spiro atoms. The highest BCUT2D eigenvalue weighted by atomic mass is 32.2. The van der Waals surface area contributed by atoms with Crippen LogP contribution in [0.4, 0.5) is 0 Å². The molecule has 128 valence electrons. The summed E-state index contributed by atoms with van der Waals surface area (Å²) in [7, 11) is 1.74. The molecule has 0 unspecified atom stereocenters. The fourth-order valence-electron chi connectivity index (χ4n) is 3.41. The van der Waals surface area contributed by atoms with E-state index in [1.165, 1.54) is 42.2 Å². The van der Waals surface area contributed by atoms with Gasteiger partial charge < -0.3 is 14.5 Å². The number of ether oxygens (including phenoxy) is 1. The maximum Gasteiger partial charge on any atom is 0.127 e. The van der Waals surface area contributed by atoms with Crippen molar-refractivity contribution in [2.45, 2.75) is 18.0 Å². The zero-order valence-electron chi connectivity index (χ0n) is 14.7. The molecule has 0 atom stereocenters. The van der Waals surface area contributed by atoms with Gasteiger partial charge in [0.1, 0.15) is 45.0 Å². The smallest absolute Gasteiger partial charge is 0.127 e. The Balaban J connectivity index is 1.48. The summed E-state index contributed by atoms with van der Waals surface area (Å²) in [5.74, 6) is 0.963. The molecular formula is C20H28N2OS+2. The van der Waals surface area contributed by atoms with E-state index < -0.39 is 0 Å². The average molecular weight is 345 g/mol. The zero-order chi connectivity index (χ0) is 16.8. The number of methoxy groups -OCH3 is 1. The van der Waals surface area contributed by atoms with Crippen molar-refractivity contribution in [1.29, 1.82) is 0 Å². The van der Waals surface area contributed by atoms with Crippen molar-refractivity contribution in [1.82, 2.24) is 0 Å². The lowest BCUT2D eigenvalue weighted by Crippen LogP contribution is -3.27. The summed E-state index contributed by atoms with van der Waals surface area (Å²) in [6.45, 7) is 7.26. The quantitative estimate of drug-likeness (QED) is 0.759. The van der Waals surface area contributed by atoms with Gasteiger partial charge in [0.05, 0.1) is 7.11 Å². The lowest BCUT2D eigenvalue weighted by Gasteiger charge is -2.29.